The SMILES string of the molecule is COc1ccc(OC(=O)N2CCOCC2)cc1. The van der Waals surface area contributed by atoms with Crippen molar-refractivity contribution in [3.8, 4) is 11.5 Å². The number of rotatable bonds is 2. The number of methoxy groups -OCH3 is 1. The van der Waals surface area contributed by atoms with Gasteiger partial charge in [-0.3, -0.25) is 0 Å². The van der Waals surface area contributed by atoms with Gasteiger partial charge < -0.3 is 19.1 Å². The smallest absolute Gasteiger partial charge is 0.415 e. The molecule has 0 spiro atoms. The Hall–Kier alpha value is -1.75. The van der Waals surface area contributed by atoms with Crippen molar-refractivity contribution in [2.24, 2.45) is 0 Å². The average molecular weight is 237 g/mol. The molecule has 0 radical (unpaired) electrons. The van der Waals surface area contributed by atoms with Crippen LogP contribution in [-0.4, -0.2) is 44.4 Å². The van der Waals surface area contributed by atoms with E-state index in [4.69, 9.17) is 14.2 Å². The molecule has 17 heavy (non-hydrogen) atoms. The summed E-state index contributed by atoms with van der Waals surface area (Å²) in [6.07, 6.45) is -0.335. The van der Waals surface area contributed by atoms with Gasteiger partial charge in [-0.2, -0.15) is 0 Å². The van der Waals surface area contributed by atoms with Crippen molar-refractivity contribution in [3.63, 3.8) is 0 Å². The van der Waals surface area contributed by atoms with Gasteiger partial charge in [0.25, 0.3) is 0 Å². The van der Waals surface area contributed by atoms with Gasteiger partial charge in [0.1, 0.15) is 11.5 Å². The largest absolute Gasteiger partial charge is 0.497 e. The molecular formula is C12H15NO4. The first kappa shape index (κ1) is 11.7. The summed E-state index contributed by atoms with van der Waals surface area (Å²) in [7, 11) is 1.59. The average Bonchev–Trinajstić information content (AvgIpc) is 2.40. The minimum Gasteiger partial charge on any atom is -0.497 e. The van der Waals surface area contributed by atoms with E-state index in [2.05, 4.69) is 0 Å². The van der Waals surface area contributed by atoms with E-state index in [0.29, 0.717) is 32.1 Å². The summed E-state index contributed by atoms with van der Waals surface area (Å²) in [5, 5.41) is 0. The predicted molar refractivity (Wildman–Crippen MR) is 61.4 cm³/mol. The molecule has 2 rings (SSSR count). The first-order valence-corrected chi connectivity index (χ1v) is 5.48. The zero-order valence-corrected chi connectivity index (χ0v) is 9.72. The lowest BCUT2D eigenvalue weighted by Gasteiger charge is -2.25. The van der Waals surface area contributed by atoms with Gasteiger partial charge in [0.2, 0.25) is 0 Å². The van der Waals surface area contributed by atoms with E-state index in [-0.39, 0.29) is 6.09 Å². The van der Waals surface area contributed by atoms with E-state index in [0.717, 1.165) is 5.75 Å². The maximum atomic E-state index is 11.7. The second kappa shape index (κ2) is 5.54. The van der Waals surface area contributed by atoms with Crippen molar-refractivity contribution in [3.05, 3.63) is 24.3 Å². The Morgan fingerprint density at radius 2 is 1.76 bits per heavy atom. The van der Waals surface area contributed by atoms with E-state index in [1.165, 1.54) is 0 Å². The Morgan fingerprint density at radius 1 is 1.18 bits per heavy atom. The number of carbonyl (C=O) groups is 1. The fourth-order valence-electron chi connectivity index (χ4n) is 1.56. The summed E-state index contributed by atoms with van der Waals surface area (Å²) in [6, 6.07) is 6.91. The lowest BCUT2D eigenvalue weighted by molar-refractivity contribution is 0.0416. The van der Waals surface area contributed by atoms with Crippen LogP contribution < -0.4 is 9.47 Å². The van der Waals surface area contributed by atoms with Gasteiger partial charge in [0, 0.05) is 13.1 Å². The highest BCUT2D eigenvalue weighted by Crippen LogP contribution is 2.17. The van der Waals surface area contributed by atoms with E-state index in [9.17, 15) is 4.79 Å². The summed E-state index contributed by atoms with van der Waals surface area (Å²) in [6.45, 7) is 2.29. The second-order valence-corrected chi connectivity index (χ2v) is 3.64. The standard InChI is InChI=1S/C12H15NO4/c1-15-10-2-4-11(5-3-10)17-12(14)13-6-8-16-9-7-13/h2-5H,6-9H2,1H3. The van der Waals surface area contributed by atoms with Crippen LogP contribution in [0.4, 0.5) is 4.79 Å². The Balaban J connectivity index is 1.92. The molecule has 0 bridgehead atoms. The number of ether oxygens (including phenoxy) is 3. The Labute approximate surface area is 99.9 Å². The van der Waals surface area contributed by atoms with Gasteiger partial charge in [-0.05, 0) is 24.3 Å². The molecule has 0 aromatic heterocycles. The van der Waals surface area contributed by atoms with Crippen LogP contribution in [0.25, 0.3) is 0 Å². The zero-order valence-electron chi connectivity index (χ0n) is 9.72. The molecule has 1 amide bonds. The van der Waals surface area contributed by atoms with Crippen molar-refractivity contribution in [1.29, 1.82) is 0 Å². The predicted octanol–water partition coefficient (Wildman–Crippen LogP) is 1.53. The summed E-state index contributed by atoms with van der Waals surface area (Å²) >= 11 is 0. The molecule has 1 fully saturated rings. The third-order valence-corrected chi connectivity index (χ3v) is 2.53. The summed E-state index contributed by atoms with van der Waals surface area (Å²) < 4.78 is 15.4. The van der Waals surface area contributed by atoms with Gasteiger partial charge in [-0.25, -0.2) is 4.79 Å². The van der Waals surface area contributed by atoms with Crippen molar-refractivity contribution in [1.82, 2.24) is 4.90 Å². The summed E-state index contributed by atoms with van der Waals surface area (Å²) in [4.78, 5) is 13.4. The molecule has 92 valence electrons. The lowest BCUT2D eigenvalue weighted by Crippen LogP contribution is -2.42. The molecule has 0 saturated carbocycles. The van der Waals surface area contributed by atoms with Crippen molar-refractivity contribution < 1.29 is 19.0 Å². The van der Waals surface area contributed by atoms with Crippen LogP contribution in [0.5, 0.6) is 11.5 Å². The molecule has 0 aliphatic carbocycles. The Bertz CT molecular complexity index is 371. The molecular weight excluding hydrogens is 222 g/mol. The van der Waals surface area contributed by atoms with Gasteiger partial charge in [-0.15, -0.1) is 0 Å². The number of hydrogen-bond donors (Lipinski definition) is 0. The van der Waals surface area contributed by atoms with Crippen LogP contribution >= 0.6 is 0 Å². The zero-order chi connectivity index (χ0) is 12.1. The molecule has 0 unspecified atom stereocenters. The van der Waals surface area contributed by atoms with Crippen LogP contribution in [-0.2, 0) is 4.74 Å². The van der Waals surface area contributed by atoms with Crippen molar-refractivity contribution in [2.45, 2.75) is 0 Å². The maximum Gasteiger partial charge on any atom is 0.415 e. The lowest BCUT2D eigenvalue weighted by atomic mass is 10.3. The highest BCUT2D eigenvalue weighted by atomic mass is 16.6. The van der Waals surface area contributed by atoms with Gasteiger partial charge in [0.05, 0.1) is 20.3 Å². The first-order chi connectivity index (χ1) is 8.29. The number of amides is 1. The molecule has 0 atom stereocenters. The van der Waals surface area contributed by atoms with Gasteiger partial charge in [-0.1, -0.05) is 0 Å². The van der Waals surface area contributed by atoms with Crippen LogP contribution in [0.1, 0.15) is 0 Å². The fraction of sp³-hybridized carbons (Fsp3) is 0.417. The third-order valence-electron chi connectivity index (χ3n) is 2.53. The Morgan fingerprint density at radius 3 is 2.35 bits per heavy atom. The quantitative estimate of drug-likeness (QED) is 0.782. The minimum absolute atomic E-state index is 0.335. The molecule has 5 heteroatoms. The van der Waals surface area contributed by atoms with Crippen LogP contribution in [0.15, 0.2) is 24.3 Å². The molecule has 1 saturated heterocycles. The molecule has 1 aliphatic heterocycles. The molecule has 5 nitrogen and oxygen atoms in total. The van der Waals surface area contributed by atoms with Crippen LogP contribution in [0.2, 0.25) is 0 Å². The number of morpholine rings is 1. The van der Waals surface area contributed by atoms with E-state index in [1.54, 1.807) is 36.3 Å². The molecule has 1 aromatic rings. The normalized spacial score (nSPS) is 15.5. The number of benzene rings is 1. The van der Waals surface area contributed by atoms with Crippen LogP contribution in [0, 0.1) is 0 Å². The second-order valence-electron chi connectivity index (χ2n) is 3.64. The number of hydrogen-bond acceptors (Lipinski definition) is 4. The molecule has 1 heterocycles. The topological polar surface area (TPSA) is 48.0 Å². The number of carbonyl (C=O) groups excluding carboxylic acids is 1. The van der Waals surface area contributed by atoms with Crippen molar-refractivity contribution in [2.75, 3.05) is 33.4 Å². The maximum absolute atomic E-state index is 11.7. The van der Waals surface area contributed by atoms with Gasteiger partial charge >= 0.3 is 6.09 Å². The third kappa shape index (κ3) is 3.10. The first-order valence-electron chi connectivity index (χ1n) is 5.48. The van der Waals surface area contributed by atoms with Crippen LogP contribution in [0.3, 0.4) is 0 Å². The summed E-state index contributed by atoms with van der Waals surface area (Å²) in [5.41, 5.74) is 0. The summed E-state index contributed by atoms with van der Waals surface area (Å²) in [5.74, 6) is 1.25. The Kier molecular flexibility index (Phi) is 3.82. The monoisotopic (exact) mass is 237 g/mol. The highest BCUT2D eigenvalue weighted by molar-refractivity contribution is 5.70. The van der Waals surface area contributed by atoms with E-state index in [1.807, 2.05) is 0 Å². The van der Waals surface area contributed by atoms with E-state index >= 15 is 0 Å². The molecule has 1 aromatic carbocycles. The number of nitrogens with zero attached hydrogens (tertiary/aromatic N) is 1. The minimum atomic E-state index is -0.335. The highest BCUT2D eigenvalue weighted by Gasteiger charge is 2.18. The van der Waals surface area contributed by atoms with Gasteiger partial charge in [0.15, 0.2) is 0 Å². The van der Waals surface area contributed by atoms with E-state index < -0.39 is 0 Å². The van der Waals surface area contributed by atoms with Crippen molar-refractivity contribution >= 4 is 6.09 Å². The molecule has 1 aliphatic rings. The molecule has 0 N–H and O–H groups in total. The fourth-order valence-corrected chi connectivity index (χ4v) is 1.56.